The molecule has 0 aliphatic rings. The average molecular weight is 620 g/mol. The summed E-state index contributed by atoms with van der Waals surface area (Å²) < 4.78 is 52.6. The van der Waals surface area contributed by atoms with Crippen LogP contribution in [-0.2, 0) is 32.7 Å². The van der Waals surface area contributed by atoms with E-state index in [0.717, 1.165) is 16.8 Å². The van der Waals surface area contributed by atoms with Crippen LogP contribution in [0.1, 0.15) is 30.9 Å². The van der Waals surface area contributed by atoms with Gasteiger partial charge in [-0.05, 0) is 31.7 Å². The fourth-order valence-corrected chi connectivity index (χ4v) is 2.98. The third kappa shape index (κ3) is 4.77. The molecule has 4 aromatic heterocycles. The molecule has 0 N–H and O–H groups in total. The molecule has 0 spiro atoms. The molecule has 0 aromatic carbocycles. The second-order valence-corrected chi connectivity index (χ2v) is 7.27. The Balaban J connectivity index is 0.00000289. The van der Waals surface area contributed by atoms with Crippen molar-refractivity contribution in [1.29, 1.82) is 0 Å². The Morgan fingerprint density at radius 3 is 2.22 bits per heavy atom. The maximum atomic E-state index is 13.1. The standard InChI is InChI=1S/C22H15F4N5.Pt/c1-21(2,16-6-3-5-15(28-16)14-9-10-19(23)27-13-14)17-7-4-8-20(29-17)31-12-11-18(30-31)22(24,25)26;/h3-8,10-11,13H,1-2H3;/q-2;+2. The summed E-state index contributed by atoms with van der Waals surface area (Å²) in [5.74, 6) is -0.432. The molecule has 5 nitrogen and oxygen atoms in total. The molecule has 0 fully saturated rings. The van der Waals surface area contributed by atoms with E-state index in [1.807, 2.05) is 19.9 Å². The molecule has 0 aliphatic carbocycles. The zero-order chi connectivity index (χ0) is 22.2. The zero-order valence-electron chi connectivity index (χ0n) is 16.8. The van der Waals surface area contributed by atoms with E-state index < -0.39 is 23.2 Å². The Labute approximate surface area is 195 Å². The molecule has 0 saturated heterocycles. The van der Waals surface area contributed by atoms with Crippen molar-refractivity contribution < 1.29 is 38.6 Å². The predicted molar refractivity (Wildman–Crippen MR) is 104 cm³/mol. The molecule has 4 heterocycles. The average Bonchev–Trinajstić information content (AvgIpc) is 3.25. The Morgan fingerprint density at radius 1 is 0.906 bits per heavy atom. The fourth-order valence-electron chi connectivity index (χ4n) is 2.98. The molecule has 0 unspecified atom stereocenters. The van der Waals surface area contributed by atoms with Crippen molar-refractivity contribution in [2.24, 2.45) is 0 Å². The normalized spacial score (nSPS) is 11.8. The van der Waals surface area contributed by atoms with Crippen LogP contribution in [0.2, 0.25) is 0 Å². The van der Waals surface area contributed by atoms with E-state index in [-0.39, 0.29) is 26.9 Å². The van der Waals surface area contributed by atoms with E-state index in [9.17, 15) is 17.6 Å². The van der Waals surface area contributed by atoms with Gasteiger partial charge in [-0.1, -0.05) is 42.7 Å². The first-order valence-corrected chi connectivity index (χ1v) is 9.18. The summed E-state index contributed by atoms with van der Waals surface area (Å²) in [6.45, 7) is 3.79. The van der Waals surface area contributed by atoms with E-state index >= 15 is 0 Å². The SMILES string of the molecule is CC(C)(c1cccc(-c2[c-]cc(F)nc2)n1)c1cccc(-n2[c-]cc(C(F)(F)F)n2)n1.[Pt+2]. The third-order valence-electron chi connectivity index (χ3n) is 4.74. The minimum absolute atomic E-state index is 0. The van der Waals surface area contributed by atoms with Gasteiger partial charge in [0.05, 0.1) is 11.5 Å². The zero-order valence-corrected chi connectivity index (χ0v) is 19.0. The first-order valence-electron chi connectivity index (χ1n) is 9.18. The molecular formula is C22H15F4N5Pt. The van der Waals surface area contributed by atoms with Gasteiger partial charge in [-0.2, -0.15) is 13.2 Å². The van der Waals surface area contributed by atoms with Crippen LogP contribution < -0.4 is 0 Å². The van der Waals surface area contributed by atoms with Crippen LogP contribution in [0.5, 0.6) is 0 Å². The summed E-state index contributed by atoms with van der Waals surface area (Å²) in [6, 6.07) is 15.1. The molecule has 32 heavy (non-hydrogen) atoms. The second kappa shape index (κ2) is 8.90. The van der Waals surface area contributed by atoms with Crippen molar-refractivity contribution in [1.82, 2.24) is 24.7 Å². The number of hydrogen-bond donors (Lipinski definition) is 0. The number of halogens is 4. The van der Waals surface area contributed by atoms with Crippen molar-refractivity contribution in [2.45, 2.75) is 25.4 Å². The fraction of sp³-hybridized carbons (Fsp3) is 0.182. The number of nitrogens with zero attached hydrogens (tertiary/aromatic N) is 5. The van der Waals surface area contributed by atoms with E-state index in [1.165, 1.54) is 6.20 Å². The molecule has 166 valence electrons. The topological polar surface area (TPSA) is 56.5 Å². The Kier molecular flexibility index (Phi) is 6.60. The molecule has 0 bridgehead atoms. The van der Waals surface area contributed by atoms with Crippen LogP contribution in [-0.4, -0.2) is 24.7 Å². The number of alkyl halides is 3. The molecule has 4 rings (SSSR count). The molecular weight excluding hydrogens is 605 g/mol. The number of pyridine rings is 3. The maximum Gasteiger partial charge on any atom is 2.00 e. The van der Waals surface area contributed by atoms with Crippen LogP contribution in [0.3, 0.4) is 0 Å². The van der Waals surface area contributed by atoms with Gasteiger partial charge in [0.25, 0.3) is 0 Å². The van der Waals surface area contributed by atoms with Crippen LogP contribution >= 0.6 is 0 Å². The Hall–Kier alpha value is -2.93. The molecule has 0 atom stereocenters. The van der Waals surface area contributed by atoms with Gasteiger partial charge in [0.15, 0.2) is 0 Å². The van der Waals surface area contributed by atoms with Crippen LogP contribution in [0, 0.1) is 18.2 Å². The monoisotopic (exact) mass is 620 g/mol. The largest absolute Gasteiger partial charge is 2.00 e. The van der Waals surface area contributed by atoms with Gasteiger partial charge in [-0.15, -0.1) is 17.7 Å². The van der Waals surface area contributed by atoms with Crippen LogP contribution in [0.25, 0.3) is 17.1 Å². The van der Waals surface area contributed by atoms with Crippen molar-refractivity contribution in [3.63, 3.8) is 0 Å². The first-order chi connectivity index (χ1) is 14.6. The molecule has 0 amide bonds. The molecule has 4 aromatic rings. The Morgan fingerprint density at radius 2 is 1.59 bits per heavy atom. The molecule has 0 radical (unpaired) electrons. The van der Waals surface area contributed by atoms with E-state index in [2.05, 4.69) is 32.3 Å². The minimum Gasteiger partial charge on any atom is -0.343 e. The smallest absolute Gasteiger partial charge is 0.343 e. The van der Waals surface area contributed by atoms with Gasteiger partial charge in [-0.3, -0.25) is 10.1 Å². The summed E-state index contributed by atoms with van der Waals surface area (Å²) in [7, 11) is 0. The van der Waals surface area contributed by atoms with Crippen molar-refractivity contribution in [3.8, 4) is 17.1 Å². The van der Waals surface area contributed by atoms with Gasteiger partial charge >= 0.3 is 27.2 Å². The summed E-state index contributed by atoms with van der Waals surface area (Å²) in [5.41, 5.74) is 0.592. The predicted octanol–water partition coefficient (Wildman–Crippen LogP) is 4.81. The summed E-state index contributed by atoms with van der Waals surface area (Å²) >= 11 is 0. The minimum atomic E-state index is -4.56. The van der Waals surface area contributed by atoms with Crippen molar-refractivity contribution in [3.05, 3.63) is 90.0 Å². The van der Waals surface area contributed by atoms with E-state index in [0.29, 0.717) is 22.6 Å². The first kappa shape index (κ1) is 23.7. The number of aromatic nitrogens is 5. The van der Waals surface area contributed by atoms with E-state index in [1.54, 1.807) is 30.3 Å². The van der Waals surface area contributed by atoms with Crippen molar-refractivity contribution in [2.75, 3.05) is 0 Å². The van der Waals surface area contributed by atoms with Crippen LogP contribution in [0.15, 0.2) is 54.7 Å². The van der Waals surface area contributed by atoms with Crippen molar-refractivity contribution >= 4 is 0 Å². The van der Waals surface area contributed by atoms with Gasteiger partial charge in [-0.25, -0.2) is 4.39 Å². The summed E-state index contributed by atoms with van der Waals surface area (Å²) in [6.07, 6.45) is -0.766. The summed E-state index contributed by atoms with van der Waals surface area (Å²) in [5, 5.41) is 3.52. The molecule has 0 aliphatic heterocycles. The van der Waals surface area contributed by atoms with Gasteiger partial charge < -0.3 is 14.6 Å². The van der Waals surface area contributed by atoms with E-state index in [4.69, 9.17) is 0 Å². The maximum absolute atomic E-state index is 13.1. The second-order valence-electron chi connectivity index (χ2n) is 7.27. The summed E-state index contributed by atoms with van der Waals surface area (Å²) in [4.78, 5) is 12.8. The van der Waals surface area contributed by atoms with Crippen LogP contribution in [0.4, 0.5) is 17.6 Å². The molecule has 10 heteroatoms. The number of hydrogen-bond acceptors (Lipinski definition) is 4. The third-order valence-corrected chi connectivity index (χ3v) is 4.74. The van der Waals surface area contributed by atoms with Gasteiger partial charge in [0.1, 0.15) is 5.95 Å². The van der Waals surface area contributed by atoms with Gasteiger partial charge in [0.2, 0.25) is 0 Å². The van der Waals surface area contributed by atoms with Gasteiger partial charge in [0, 0.05) is 16.8 Å². The Bertz CT molecular complexity index is 1220. The quantitative estimate of drug-likeness (QED) is 0.187. The number of rotatable bonds is 4. The molecule has 0 saturated carbocycles.